The minimum Gasteiger partial charge on any atom is -0.457 e. The Labute approximate surface area is 141 Å². The average Bonchev–Trinajstić information content (AvgIpc) is 2.55. The van der Waals surface area contributed by atoms with Gasteiger partial charge < -0.3 is 21.1 Å². The number of primary amides is 1. The summed E-state index contributed by atoms with van der Waals surface area (Å²) in [6.45, 7) is 3.42. The van der Waals surface area contributed by atoms with Crippen molar-refractivity contribution < 1.29 is 14.3 Å². The molecule has 0 radical (unpaired) electrons. The summed E-state index contributed by atoms with van der Waals surface area (Å²) in [6.07, 6.45) is 0. The molecule has 0 saturated carbocycles. The molecule has 0 aromatic heterocycles. The van der Waals surface area contributed by atoms with Crippen LogP contribution >= 0.6 is 0 Å². The molecule has 2 unspecified atom stereocenters. The fourth-order valence-electron chi connectivity index (χ4n) is 2.24. The SMILES string of the molecule is CC(NC(N)=O)C(=O)NC(C)c1ccccc1Oc1ccccc1. The normalized spacial score (nSPS) is 12.8. The average molecular weight is 327 g/mol. The summed E-state index contributed by atoms with van der Waals surface area (Å²) in [4.78, 5) is 22.9. The van der Waals surface area contributed by atoms with E-state index in [1.807, 2.05) is 61.5 Å². The smallest absolute Gasteiger partial charge is 0.312 e. The minimum absolute atomic E-state index is 0.297. The van der Waals surface area contributed by atoms with Crippen LogP contribution in [0.1, 0.15) is 25.5 Å². The summed E-state index contributed by atoms with van der Waals surface area (Å²) < 4.78 is 5.90. The van der Waals surface area contributed by atoms with Crippen LogP contribution in [0.25, 0.3) is 0 Å². The summed E-state index contributed by atoms with van der Waals surface area (Å²) in [5.41, 5.74) is 5.87. The molecule has 2 aromatic rings. The van der Waals surface area contributed by atoms with E-state index in [-0.39, 0.29) is 11.9 Å². The molecule has 6 nitrogen and oxygen atoms in total. The van der Waals surface area contributed by atoms with Gasteiger partial charge in [0.15, 0.2) is 0 Å². The van der Waals surface area contributed by atoms with Gasteiger partial charge in [0.25, 0.3) is 0 Å². The van der Waals surface area contributed by atoms with Crippen LogP contribution in [-0.2, 0) is 4.79 Å². The van der Waals surface area contributed by atoms with E-state index in [0.29, 0.717) is 11.5 Å². The third kappa shape index (κ3) is 4.74. The topological polar surface area (TPSA) is 93.5 Å². The van der Waals surface area contributed by atoms with Gasteiger partial charge in [-0.3, -0.25) is 4.79 Å². The highest BCUT2D eigenvalue weighted by atomic mass is 16.5. The Balaban J connectivity index is 2.11. The van der Waals surface area contributed by atoms with Gasteiger partial charge >= 0.3 is 6.03 Å². The maximum Gasteiger partial charge on any atom is 0.312 e. The molecule has 2 atom stereocenters. The molecule has 0 aliphatic carbocycles. The van der Waals surface area contributed by atoms with Crippen molar-refractivity contribution in [3.63, 3.8) is 0 Å². The number of amides is 3. The second kappa shape index (κ2) is 8.01. The van der Waals surface area contributed by atoms with E-state index in [0.717, 1.165) is 5.56 Å². The summed E-state index contributed by atoms with van der Waals surface area (Å²) in [6, 6.07) is 15.1. The Kier molecular flexibility index (Phi) is 5.78. The van der Waals surface area contributed by atoms with Gasteiger partial charge in [0.2, 0.25) is 5.91 Å². The zero-order valence-corrected chi connectivity index (χ0v) is 13.7. The van der Waals surface area contributed by atoms with E-state index in [2.05, 4.69) is 10.6 Å². The third-order valence-corrected chi connectivity index (χ3v) is 3.47. The van der Waals surface area contributed by atoms with Gasteiger partial charge in [-0.05, 0) is 32.0 Å². The first-order chi connectivity index (χ1) is 11.5. The number of hydrogen-bond donors (Lipinski definition) is 3. The van der Waals surface area contributed by atoms with Crippen LogP contribution in [0.2, 0.25) is 0 Å². The molecule has 0 heterocycles. The Morgan fingerprint density at radius 3 is 2.25 bits per heavy atom. The number of urea groups is 1. The van der Waals surface area contributed by atoms with E-state index < -0.39 is 12.1 Å². The highest BCUT2D eigenvalue weighted by Crippen LogP contribution is 2.29. The number of hydrogen-bond acceptors (Lipinski definition) is 3. The second-order valence-corrected chi connectivity index (χ2v) is 5.41. The lowest BCUT2D eigenvalue weighted by Gasteiger charge is -2.20. The van der Waals surface area contributed by atoms with Crippen molar-refractivity contribution in [2.75, 3.05) is 0 Å². The predicted molar refractivity (Wildman–Crippen MR) is 91.7 cm³/mol. The Bertz CT molecular complexity index is 704. The van der Waals surface area contributed by atoms with Crippen LogP contribution in [0.15, 0.2) is 54.6 Å². The molecular formula is C18H21N3O3. The van der Waals surface area contributed by atoms with Gasteiger partial charge in [-0.1, -0.05) is 36.4 Å². The van der Waals surface area contributed by atoms with Crippen molar-refractivity contribution in [2.24, 2.45) is 5.73 Å². The molecule has 0 bridgehead atoms. The van der Waals surface area contributed by atoms with Crippen molar-refractivity contribution in [1.82, 2.24) is 10.6 Å². The fourth-order valence-corrected chi connectivity index (χ4v) is 2.24. The quantitative estimate of drug-likeness (QED) is 0.761. The monoisotopic (exact) mass is 327 g/mol. The molecule has 2 rings (SSSR count). The maximum atomic E-state index is 12.1. The van der Waals surface area contributed by atoms with Crippen LogP contribution in [0.3, 0.4) is 0 Å². The lowest BCUT2D eigenvalue weighted by Crippen LogP contribution is -2.47. The van der Waals surface area contributed by atoms with Crippen LogP contribution in [0.4, 0.5) is 4.79 Å². The van der Waals surface area contributed by atoms with Crippen molar-refractivity contribution in [3.8, 4) is 11.5 Å². The standard InChI is InChI=1S/C18H21N3O3/c1-12(20-17(22)13(2)21-18(19)23)15-10-6-7-11-16(15)24-14-8-4-3-5-9-14/h3-13H,1-2H3,(H,20,22)(H3,19,21,23). The molecule has 0 fully saturated rings. The van der Waals surface area contributed by atoms with Gasteiger partial charge in [-0.2, -0.15) is 0 Å². The van der Waals surface area contributed by atoms with Gasteiger partial charge in [-0.15, -0.1) is 0 Å². The van der Waals surface area contributed by atoms with E-state index in [9.17, 15) is 9.59 Å². The molecule has 126 valence electrons. The van der Waals surface area contributed by atoms with E-state index >= 15 is 0 Å². The van der Waals surface area contributed by atoms with Gasteiger partial charge in [0.05, 0.1) is 6.04 Å². The molecule has 3 amide bonds. The predicted octanol–water partition coefficient (Wildman–Crippen LogP) is 2.71. The molecule has 2 aromatic carbocycles. The van der Waals surface area contributed by atoms with Crippen LogP contribution in [-0.4, -0.2) is 18.0 Å². The van der Waals surface area contributed by atoms with Crippen LogP contribution < -0.4 is 21.1 Å². The number of para-hydroxylation sites is 2. The molecule has 6 heteroatoms. The van der Waals surface area contributed by atoms with Gasteiger partial charge in [0.1, 0.15) is 17.5 Å². The largest absolute Gasteiger partial charge is 0.457 e. The van der Waals surface area contributed by atoms with Gasteiger partial charge in [0, 0.05) is 5.56 Å². The number of nitrogens with one attached hydrogen (secondary N) is 2. The molecule has 0 aliphatic rings. The van der Waals surface area contributed by atoms with E-state index in [1.165, 1.54) is 0 Å². The third-order valence-electron chi connectivity index (χ3n) is 3.47. The van der Waals surface area contributed by atoms with Crippen molar-refractivity contribution in [3.05, 3.63) is 60.2 Å². The fraction of sp³-hybridized carbons (Fsp3) is 0.222. The highest BCUT2D eigenvalue weighted by Gasteiger charge is 2.19. The first-order valence-electron chi connectivity index (χ1n) is 7.65. The Hall–Kier alpha value is -3.02. The second-order valence-electron chi connectivity index (χ2n) is 5.41. The summed E-state index contributed by atoms with van der Waals surface area (Å²) in [5.74, 6) is 1.05. The number of nitrogens with two attached hydrogens (primary N) is 1. The lowest BCUT2D eigenvalue weighted by molar-refractivity contribution is -0.123. The molecule has 0 spiro atoms. The lowest BCUT2D eigenvalue weighted by atomic mass is 10.1. The molecule has 24 heavy (non-hydrogen) atoms. The highest BCUT2D eigenvalue weighted by molar-refractivity contribution is 5.86. The zero-order chi connectivity index (χ0) is 17.5. The molecule has 4 N–H and O–H groups in total. The molecular weight excluding hydrogens is 306 g/mol. The van der Waals surface area contributed by atoms with Crippen molar-refractivity contribution in [2.45, 2.75) is 25.9 Å². The number of carbonyl (C=O) groups is 2. The first-order valence-corrected chi connectivity index (χ1v) is 7.65. The zero-order valence-electron chi connectivity index (χ0n) is 13.7. The molecule has 0 saturated heterocycles. The number of benzene rings is 2. The van der Waals surface area contributed by atoms with Gasteiger partial charge in [-0.25, -0.2) is 4.79 Å². The number of carbonyl (C=O) groups excluding carboxylic acids is 2. The summed E-state index contributed by atoms with van der Waals surface area (Å²) in [5, 5.41) is 5.19. The van der Waals surface area contributed by atoms with Crippen LogP contribution in [0, 0.1) is 0 Å². The Morgan fingerprint density at radius 2 is 1.58 bits per heavy atom. The van der Waals surface area contributed by atoms with Crippen LogP contribution in [0.5, 0.6) is 11.5 Å². The van der Waals surface area contributed by atoms with E-state index in [4.69, 9.17) is 10.5 Å². The summed E-state index contributed by atoms with van der Waals surface area (Å²) >= 11 is 0. The maximum absolute atomic E-state index is 12.1. The number of ether oxygens (including phenoxy) is 1. The van der Waals surface area contributed by atoms with Crippen molar-refractivity contribution in [1.29, 1.82) is 0 Å². The van der Waals surface area contributed by atoms with Crippen molar-refractivity contribution >= 4 is 11.9 Å². The first kappa shape index (κ1) is 17.3. The van der Waals surface area contributed by atoms with E-state index in [1.54, 1.807) is 6.92 Å². The minimum atomic E-state index is -0.738. The number of rotatable bonds is 6. The summed E-state index contributed by atoms with van der Waals surface area (Å²) in [7, 11) is 0. The molecule has 0 aliphatic heterocycles. The Morgan fingerprint density at radius 1 is 0.958 bits per heavy atom.